The molecule has 82 valence electrons. The van der Waals surface area contributed by atoms with Crippen LogP contribution in [-0.4, -0.2) is 5.78 Å². The second kappa shape index (κ2) is 3.73. The van der Waals surface area contributed by atoms with Gasteiger partial charge in [-0.2, -0.15) is 13.2 Å². The van der Waals surface area contributed by atoms with Gasteiger partial charge < -0.3 is 5.73 Å². The molecule has 1 aromatic rings. The van der Waals surface area contributed by atoms with Crippen LogP contribution in [-0.2, 0) is 6.18 Å². The van der Waals surface area contributed by atoms with Gasteiger partial charge in [-0.1, -0.05) is 11.6 Å². The number of alkyl halides is 3. The Bertz CT molecular complexity index is 415. The summed E-state index contributed by atoms with van der Waals surface area (Å²) in [5.74, 6) is -0.725. The van der Waals surface area contributed by atoms with E-state index in [0.29, 0.717) is 0 Å². The molecule has 2 nitrogen and oxygen atoms in total. The third-order valence-corrected chi connectivity index (χ3v) is 2.01. The number of halogens is 4. The summed E-state index contributed by atoms with van der Waals surface area (Å²) in [7, 11) is 0. The first-order valence-electron chi connectivity index (χ1n) is 3.90. The summed E-state index contributed by atoms with van der Waals surface area (Å²) in [6, 6.07) is 1.93. The smallest absolute Gasteiger partial charge is 0.398 e. The Kier molecular flexibility index (Phi) is 2.95. The molecule has 0 aliphatic carbocycles. The third kappa shape index (κ3) is 2.41. The van der Waals surface area contributed by atoms with Crippen molar-refractivity contribution in [2.24, 2.45) is 0 Å². The van der Waals surface area contributed by atoms with Crippen LogP contribution < -0.4 is 5.73 Å². The number of anilines is 1. The number of hydrogen-bond acceptors (Lipinski definition) is 2. The Hall–Kier alpha value is -1.23. The lowest BCUT2D eigenvalue weighted by atomic mass is 10.0. The van der Waals surface area contributed by atoms with Gasteiger partial charge in [-0.25, -0.2) is 0 Å². The minimum Gasteiger partial charge on any atom is -0.398 e. The zero-order chi connectivity index (χ0) is 11.8. The van der Waals surface area contributed by atoms with Crippen molar-refractivity contribution >= 4 is 23.1 Å². The van der Waals surface area contributed by atoms with E-state index in [4.69, 9.17) is 17.3 Å². The molecule has 0 radical (unpaired) electrons. The maximum Gasteiger partial charge on any atom is 0.419 e. The first-order chi connectivity index (χ1) is 6.73. The van der Waals surface area contributed by atoms with E-state index in [1.807, 2.05) is 0 Å². The highest BCUT2D eigenvalue weighted by molar-refractivity contribution is 6.31. The zero-order valence-electron chi connectivity index (χ0n) is 7.65. The fourth-order valence-electron chi connectivity index (χ4n) is 1.22. The van der Waals surface area contributed by atoms with E-state index in [1.54, 1.807) is 0 Å². The monoisotopic (exact) mass is 237 g/mol. The summed E-state index contributed by atoms with van der Waals surface area (Å²) in [5.41, 5.74) is 3.02. The molecule has 0 aromatic heterocycles. The molecule has 0 spiro atoms. The van der Waals surface area contributed by atoms with E-state index in [2.05, 4.69) is 0 Å². The molecule has 0 atom stereocenters. The molecular weight excluding hydrogens is 231 g/mol. The van der Waals surface area contributed by atoms with Gasteiger partial charge in [0.1, 0.15) is 0 Å². The molecule has 0 unspecified atom stereocenters. The molecule has 1 rings (SSSR count). The number of nitrogens with two attached hydrogens (primary N) is 1. The highest BCUT2D eigenvalue weighted by Crippen LogP contribution is 2.37. The van der Waals surface area contributed by atoms with Gasteiger partial charge in [0, 0.05) is 16.3 Å². The Morgan fingerprint density at radius 2 is 1.93 bits per heavy atom. The molecule has 0 aliphatic heterocycles. The van der Waals surface area contributed by atoms with E-state index in [9.17, 15) is 18.0 Å². The number of carbonyl (C=O) groups excluding carboxylic acids is 1. The van der Waals surface area contributed by atoms with Gasteiger partial charge in [0.15, 0.2) is 5.78 Å². The number of nitrogen functional groups attached to an aromatic ring is 1. The molecule has 2 N–H and O–H groups in total. The lowest BCUT2D eigenvalue weighted by Gasteiger charge is -2.13. The first kappa shape index (κ1) is 11.8. The van der Waals surface area contributed by atoms with Crippen LogP contribution in [0.5, 0.6) is 0 Å². The van der Waals surface area contributed by atoms with Crippen LogP contribution in [0.15, 0.2) is 12.1 Å². The summed E-state index contributed by atoms with van der Waals surface area (Å²) in [5, 5.41) is 0.00528. The van der Waals surface area contributed by atoms with E-state index in [0.717, 1.165) is 19.1 Å². The Labute approximate surface area is 88.8 Å². The van der Waals surface area contributed by atoms with Crippen molar-refractivity contribution in [3.05, 3.63) is 28.3 Å². The average molecular weight is 238 g/mol. The second-order valence-electron chi connectivity index (χ2n) is 2.97. The first-order valence-corrected chi connectivity index (χ1v) is 4.28. The van der Waals surface area contributed by atoms with Crippen LogP contribution in [0.25, 0.3) is 0 Å². The number of rotatable bonds is 1. The van der Waals surface area contributed by atoms with E-state index < -0.39 is 28.8 Å². The minimum absolute atomic E-state index is 0.00528. The molecule has 0 bridgehead atoms. The lowest BCUT2D eigenvalue weighted by Crippen LogP contribution is -2.14. The molecule has 0 heterocycles. The topological polar surface area (TPSA) is 43.1 Å². The van der Waals surface area contributed by atoms with E-state index in [1.165, 1.54) is 0 Å². The maximum atomic E-state index is 12.5. The molecule has 0 saturated carbocycles. The van der Waals surface area contributed by atoms with Crippen molar-refractivity contribution in [1.82, 2.24) is 0 Å². The normalized spacial score (nSPS) is 11.5. The van der Waals surface area contributed by atoms with Gasteiger partial charge >= 0.3 is 6.18 Å². The lowest BCUT2D eigenvalue weighted by molar-refractivity contribution is -0.137. The predicted octanol–water partition coefficient (Wildman–Crippen LogP) is 3.14. The van der Waals surface area contributed by atoms with Crippen molar-refractivity contribution in [3.8, 4) is 0 Å². The van der Waals surface area contributed by atoms with Crippen LogP contribution in [0, 0.1) is 0 Å². The fraction of sp³-hybridized carbons (Fsp3) is 0.222. The fourth-order valence-corrected chi connectivity index (χ4v) is 1.45. The van der Waals surface area contributed by atoms with Crippen LogP contribution in [0.4, 0.5) is 18.9 Å². The maximum absolute atomic E-state index is 12.5. The minimum atomic E-state index is -4.66. The molecule has 15 heavy (non-hydrogen) atoms. The standard InChI is InChI=1S/C9H7ClF3NO/c1-4(15)6-2-5(10)3-7(14)8(6)9(11,12)13/h2-3H,14H2,1H3. The number of ketones is 1. The van der Waals surface area contributed by atoms with Gasteiger partial charge in [0.2, 0.25) is 0 Å². The highest BCUT2D eigenvalue weighted by atomic mass is 35.5. The highest BCUT2D eigenvalue weighted by Gasteiger charge is 2.37. The average Bonchev–Trinajstić information content (AvgIpc) is 1.99. The van der Waals surface area contributed by atoms with Gasteiger partial charge in [0.25, 0.3) is 0 Å². The summed E-state index contributed by atoms with van der Waals surface area (Å²) >= 11 is 5.52. The Morgan fingerprint density at radius 3 is 2.33 bits per heavy atom. The van der Waals surface area contributed by atoms with Crippen molar-refractivity contribution in [3.63, 3.8) is 0 Å². The quantitative estimate of drug-likeness (QED) is 0.602. The molecular formula is C9H7ClF3NO. The number of hydrogen-bond donors (Lipinski definition) is 1. The van der Waals surface area contributed by atoms with Crippen molar-refractivity contribution < 1.29 is 18.0 Å². The zero-order valence-corrected chi connectivity index (χ0v) is 8.41. The predicted molar refractivity (Wildman–Crippen MR) is 50.9 cm³/mol. The summed E-state index contributed by atoms with van der Waals surface area (Å²) < 4.78 is 37.6. The Balaban J connectivity index is 3.55. The number of benzene rings is 1. The summed E-state index contributed by atoms with van der Waals surface area (Å²) in [4.78, 5) is 11.0. The van der Waals surface area contributed by atoms with Crippen LogP contribution in [0.2, 0.25) is 5.02 Å². The summed E-state index contributed by atoms with van der Waals surface area (Å²) in [6.07, 6.45) is -4.66. The van der Waals surface area contributed by atoms with Gasteiger partial charge in [-0.15, -0.1) is 0 Å². The summed E-state index contributed by atoms with van der Waals surface area (Å²) in [6.45, 7) is 1.03. The number of carbonyl (C=O) groups is 1. The van der Waals surface area contributed by atoms with Crippen LogP contribution in [0.1, 0.15) is 22.8 Å². The second-order valence-corrected chi connectivity index (χ2v) is 3.41. The molecule has 0 aliphatic rings. The molecule has 0 fully saturated rings. The van der Waals surface area contributed by atoms with Crippen LogP contribution in [0.3, 0.4) is 0 Å². The molecule has 0 amide bonds. The van der Waals surface area contributed by atoms with Crippen molar-refractivity contribution in [2.75, 3.05) is 5.73 Å². The van der Waals surface area contributed by atoms with Gasteiger partial charge in [0.05, 0.1) is 5.56 Å². The van der Waals surface area contributed by atoms with E-state index in [-0.39, 0.29) is 5.02 Å². The Morgan fingerprint density at radius 1 is 1.40 bits per heavy atom. The SMILES string of the molecule is CC(=O)c1cc(Cl)cc(N)c1C(F)(F)F. The molecule has 1 aromatic carbocycles. The molecule has 0 saturated heterocycles. The molecule has 6 heteroatoms. The van der Waals surface area contributed by atoms with Gasteiger partial charge in [-0.05, 0) is 19.1 Å². The van der Waals surface area contributed by atoms with E-state index >= 15 is 0 Å². The van der Waals surface area contributed by atoms with Crippen LogP contribution >= 0.6 is 11.6 Å². The van der Waals surface area contributed by atoms with Crippen molar-refractivity contribution in [1.29, 1.82) is 0 Å². The number of Topliss-reactive ketones (excluding diaryl/α,β-unsaturated/α-hetero) is 1. The van der Waals surface area contributed by atoms with Crippen molar-refractivity contribution in [2.45, 2.75) is 13.1 Å². The van der Waals surface area contributed by atoms with Gasteiger partial charge in [-0.3, -0.25) is 4.79 Å². The third-order valence-electron chi connectivity index (χ3n) is 1.80. The largest absolute Gasteiger partial charge is 0.419 e.